The molecular weight excluding hydrogens is 462 g/mol. The van der Waals surface area contributed by atoms with Crippen LogP contribution in [0.5, 0.6) is 0 Å². The minimum Gasteiger partial charge on any atom is -0.375 e. The molecule has 1 saturated heterocycles. The fraction of sp³-hybridized carbons (Fsp3) is 0.480. The summed E-state index contributed by atoms with van der Waals surface area (Å²) in [5.41, 5.74) is 1.59. The van der Waals surface area contributed by atoms with Crippen molar-refractivity contribution in [3.8, 4) is 0 Å². The molecule has 3 aromatic heterocycles. The topological polar surface area (TPSA) is 89.3 Å². The number of carbonyl (C=O) groups excluding carboxylic acids is 1. The predicted molar refractivity (Wildman–Crippen MR) is 138 cm³/mol. The molecular formula is C25H31N7O2S. The second-order valence-electron chi connectivity index (χ2n) is 9.07. The number of anilines is 1. The van der Waals surface area contributed by atoms with Gasteiger partial charge in [-0.1, -0.05) is 30.3 Å². The Kier molecular flexibility index (Phi) is 6.92. The standard InChI is InChI=1S/C25H31N7O2S/c1-4-8-19-15-20-24(26-18(3)27-25(20)35-19)31-13-12-30(16-17(31)2)23(11-7-14-33)34-32-22-10-6-5-9-21(22)28-29-32/h5-6,9-10,14-15,17,23H,4,7-8,11-13,16H2,1-3H3/t17-,23?/m0/s1. The summed E-state index contributed by atoms with van der Waals surface area (Å²) in [6, 6.07) is 10.2. The molecule has 0 bridgehead atoms. The highest BCUT2D eigenvalue weighted by molar-refractivity contribution is 7.18. The van der Waals surface area contributed by atoms with Crippen LogP contribution in [0, 0.1) is 6.92 Å². The Morgan fingerprint density at radius 3 is 2.91 bits per heavy atom. The monoisotopic (exact) mass is 493 g/mol. The second-order valence-corrected chi connectivity index (χ2v) is 10.2. The minimum atomic E-state index is -0.278. The fourth-order valence-corrected chi connectivity index (χ4v) is 5.93. The lowest BCUT2D eigenvalue weighted by molar-refractivity contribution is -0.112. The van der Waals surface area contributed by atoms with Gasteiger partial charge in [0.25, 0.3) is 0 Å². The van der Waals surface area contributed by atoms with Gasteiger partial charge < -0.3 is 14.5 Å². The summed E-state index contributed by atoms with van der Waals surface area (Å²) in [6.07, 6.45) is 3.86. The summed E-state index contributed by atoms with van der Waals surface area (Å²) in [6.45, 7) is 8.77. The van der Waals surface area contributed by atoms with Crippen LogP contribution in [0.3, 0.4) is 0 Å². The number of para-hydroxylation sites is 1. The summed E-state index contributed by atoms with van der Waals surface area (Å²) in [7, 11) is 0. The molecule has 35 heavy (non-hydrogen) atoms. The normalized spacial score (nSPS) is 17.8. The van der Waals surface area contributed by atoms with Crippen LogP contribution in [-0.4, -0.2) is 68.2 Å². The molecule has 0 radical (unpaired) electrons. The van der Waals surface area contributed by atoms with E-state index in [-0.39, 0.29) is 12.3 Å². The van der Waals surface area contributed by atoms with Gasteiger partial charge in [0, 0.05) is 43.4 Å². The van der Waals surface area contributed by atoms with Crippen LogP contribution < -0.4 is 9.74 Å². The summed E-state index contributed by atoms with van der Waals surface area (Å²) < 4.78 is 0. The Labute approximate surface area is 208 Å². The van der Waals surface area contributed by atoms with Crippen molar-refractivity contribution in [2.24, 2.45) is 0 Å². The number of aryl methyl sites for hydroxylation is 2. The van der Waals surface area contributed by atoms with E-state index in [1.165, 1.54) is 9.72 Å². The lowest BCUT2D eigenvalue weighted by Crippen LogP contribution is -2.57. The molecule has 5 rings (SSSR count). The summed E-state index contributed by atoms with van der Waals surface area (Å²) >= 11 is 1.78. The van der Waals surface area contributed by atoms with Gasteiger partial charge in [-0.25, -0.2) is 9.97 Å². The molecule has 1 aromatic carbocycles. The zero-order valence-corrected chi connectivity index (χ0v) is 21.2. The van der Waals surface area contributed by atoms with Gasteiger partial charge in [0.2, 0.25) is 0 Å². The molecule has 1 unspecified atom stereocenters. The zero-order valence-electron chi connectivity index (χ0n) is 20.4. The summed E-state index contributed by atoms with van der Waals surface area (Å²) in [4.78, 5) is 35.6. The van der Waals surface area contributed by atoms with E-state index >= 15 is 0 Å². The van der Waals surface area contributed by atoms with Gasteiger partial charge in [-0.3, -0.25) is 4.90 Å². The van der Waals surface area contributed by atoms with Crippen LogP contribution in [0.15, 0.2) is 30.3 Å². The molecule has 1 aliphatic heterocycles. The van der Waals surface area contributed by atoms with Gasteiger partial charge in [0.1, 0.15) is 33.8 Å². The van der Waals surface area contributed by atoms with Crippen LogP contribution in [0.25, 0.3) is 21.3 Å². The summed E-state index contributed by atoms with van der Waals surface area (Å²) in [5.74, 6) is 1.82. The van der Waals surface area contributed by atoms with Crippen LogP contribution in [0.2, 0.25) is 0 Å². The fourth-order valence-electron chi connectivity index (χ4n) is 4.76. The maximum atomic E-state index is 11.2. The third-order valence-corrected chi connectivity index (χ3v) is 7.53. The van der Waals surface area contributed by atoms with Crippen molar-refractivity contribution < 1.29 is 9.63 Å². The maximum absolute atomic E-state index is 11.2. The molecule has 4 aromatic rings. The first kappa shape index (κ1) is 23.6. The number of thiophene rings is 1. The van der Waals surface area contributed by atoms with E-state index in [0.29, 0.717) is 12.8 Å². The highest BCUT2D eigenvalue weighted by atomic mass is 32.1. The molecule has 0 spiro atoms. The number of benzene rings is 1. The third kappa shape index (κ3) is 4.85. The second kappa shape index (κ2) is 10.2. The van der Waals surface area contributed by atoms with Gasteiger partial charge in [0.05, 0.1) is 5.39 Å². The molecule has 1 aliphatic rings. The molecule has 0 amide bonds. The largest absolute Gasteiger partial charge is 0.375 e. The molecule has 9 nitrogen and oxygen atoms in total. The number of nitrogens with zero attached hydrogens (tertiary/aromatic N) is 7. The number of rotatable bonds is 9. The molecule has 4 heterocycles. The van der Waals surface area contributed by atoms with Gasteiger partial charge in [0.15, 0.2) is 6.23 Å². The van der Waals surface area contributed by atoms with Gasteiger partial charge in [-0.2, -0.15) is 0 Å². The average Bonchev–Trinajstić information content (AvgIpc) is 3.45. The summed E-state index contributed by atoms with van der Waals surface area (Å²) in [5, 5.41) is 9.52. The third-order valence-electron chi connectivity index (χ3n) is 6.44. The Hall–Kier alpha value is -3.11. The highest BCUT2D eigenvalue weighted by Gasteiger charge is 2.32. The van der Waals surface area contributed by atoms with E-state index in [9.17, 15) is 4.79 Å². The number of piperazine rings is 1. The lowest BCUT2D eigenvalue weighted by Gasteiger charge is -2.43. The SMILES string of the molecule is CCCc1cc2c(N3CCN(C(CCC=O)On4nnc5ccccc54)C[C@@H]3C)nc(C)nc2s1. The maximum Gasteiger partial charge on any atom is 0.181 e. The number of fused-ring (bicyclic) bond motifs is 2. The molecule has 1 fully saturated rings. The average molecular weight is 494 g/mol. The number of aromatic nitrogens is 5. The Morgan fingerprint density at radius 2 is 2.11 bits per heavy atom. The van der Waals surface area contributed by atoms with Crippen LogP contribution in [-0.2, 0) is 11.2 Å². The van der Waals surface area contributed by atoms with Crippen molar-refractivity contribution >= 4 is 44.7 Å². The molecule has 2 atom stereocenters. The Balaban J connectivity index is 1.37. The predicted octanol–water partition coefficient (Wildman–Crippen LogP) is 3.64. The van der Waals surface area contributed by atoms with Crippen molar-refractivity contribution in [3.63, 3.8) is 0 Å². The van der Waals surface area contributed by atoms with Crippen LogP contribution in [0.4, 0.5) is 5.82 Å². The Morgan fingerprint density at radius 1 is 1.26 bits per heavy atom. The molecule has 0 aliphatic carbocycles. The van der Waals surface area contributed by atoms with Crippen molar-refractivity contribution in [1.82, 2.24) is 30.0 Å². The van der Waals surface area contributed by atoms with Crippen LogP contribution in [0.1, 0.15) is 43.8 Å². The minimum absolute atomic E-state index is 0.214. The molecule has 184 valence electrons. The van der Waals surface area contributed by atoms with E-state index in [4.69, 9.17) is 14.8 Å². The van der Waals surface area contributed by atoms with Crippen molar-refractivity contribution in [2.45, 2.75) is 58.7 Å². The number of hydrogen-bond donors (Lipinski definition) is 0. The molecule has 0 saturated carbocycles. The van der Waals surface area contributed by atoms with Crippen molar-refractivity contribution in [2.75, 3.05) is 24.5 Å². The van der Waals surface area contributed by atoms with Crippen molar-refractivity contribution in [3.05, 3.63) is 41.0 Å². The number of aldehydes is 1. The van der Waals surface area contributed by atoms with E-state index in [2.05, 4.69) is 40.0 Å². The van der Waals surface area contributed by atoms with E-state index in [1.807, 2.05) is 31.2 Å². The van der Waals surface area contributed by atoms with Gasteiger partial charge >= 0.3 is 0 Å². The number of carbonyl (C=O) groups is 1. The first-order valence-corrected chi connectivity index (χ1v) is 13.1. The van der Waals surface area contributed by atoms with Gasteiger partial charge in [-0.05, 0) is 43.7 Å². The van der Waals surface area contributed by atoms with E-state index < -0.39 is 0 Å². The quantitative estimate of drug-likeness (QED) is 0.327. The lowest BCUT2D eigenvalue weighted by atomic mass is 10.1. The first-order chi connectivity index (χ1) is 17.1. The first-order valence-electron chi connectivity index (χ1n) is 12.3. The molecule has 10 heteroatoms. The van der Waals surface area contributed by atoms with E-state index in [0.717, 1.165) is 71.7 Å². The highest BCUT2D eigenvalue weighted by Crippen LogP contribution is 2.33. The van der Waals surface area contributed by atoms with Crippen molar-refractivity contribution in [1.29, 1.82) is 0 Å². The smallest absolute Gasteiger partial charge is 0.181 e. The van der Waals surface area contributed by atoms with Gasteiger partial charge in [-0.15, -0.1) is 16.4 Å². The zero-order chi connectivity index (χ0) is 24.4. The van der Waals surface area contributed by atoms with E-state index in [1.54, 1.807) is 11.3 Å². The number of hydrogen-bond acceptors (Lipinski definition) is 9. The van der Waals surface area contributed by atoms with Crippen LogP contribution >= 0.6 is 11.3 Å². The molecule has 0 N–H and O–H groups in total. The Bertz CT molecular complexity index is 1320.